The predicted octanol–water partition coefficient (Wildman–Crippen LogP) is 1.43. The van der Waals surface area contributed by atoms with Crippen molar-refractivity contribution >= 4 is 6.03 Å². The second-order valence-corrected chi connectivity index (χ2v) is 5.56. The van der Waals surface area contributed by atoms with Crippen molar-refractivity contribution in [2.24, 2.45) is 11.8 Å². The van der Waals surface area contributed by atoms with Crippen LogP contribution in [0.25, 0.3) is 0 Å². The van der Waals surface area contributed by atoms with Crippen LogP contribution in [0.1, 0.15) is 33.1 Å². The molecule has 1 heterocycles. The summed E-state index contributed by atoms with van der Waals surface area (Å²) in [6.45, 7) is 8.08. The van der Waals surface area contributed by atoms with Gasteiger partial charge in [-0.25, -0.2) is 4.79 Å². The highest BCUT2D eigenvalue weighted by Gasteiger charge is 2.29. The van der Waals surface area contributed by atoms with E-state index in [-0.39, 0.29) is 6.03 Å². The Labute approximate surface area is 104 Å². The largest absolute Gasteiger partial charge is 0.335 e. The number of rotatable bonds is 1. The monoisotopic (exact) mass is 239 g/mol. The lowest BCUT2D eigenvalue weighted by molar-refractivity contribution is 0.163. The van der Waals surface area contributed by atoms with Crippen LogP contribution in [0.3, 0.4) is 0 Å². The Balaban J connectivity index is 1.84. The quantitative estimate of drug-likeness (QED) is 0.727. The molecule has 2 amide bonds. The summed E-state index contributed by atoms with van der Waals surface area (Å²) in [5.41, 5.74) is 0. The van der Waals surface area contributed by atoms with Gasteiger partial charge in [0.15, 0.2) is 0 Å². The van der Waals surface area contributed by atoms with Gasteiger partial charge in [-0.3, -0.25) is 0 Å². The fourth-order valence-corrected chi connectivity index (χ4v) is 2.90. The van der Waals surface area contributed by atoms with Gasteiger partial charge in [-0.15, -0.1) is 0 Å². The summed E-state index contributed by atoms with van der Waals surface area (Å²) in [5.74, 6) is 1.34. The van der Waals surface area contributed by atoms with Gasteiger partial charge in [0.1, 0.15) is 0 Å². The summed E-state index contributed by atoms with van der Waals surface area (Å²) in [7, 11) is 0. The molecule has 98 valence electrons. The molecule has 3 unspecified atom stereocenters. The molecule has 0 aromatic heterocycles. The third-order valence-corrected chi connectivity index (χ3v) is 4.42. The SMILES string of the molecule is CC1CCCC(NC(=O)N2CCNCC2)C1C. The average molecular weight is 239 g/mol. The first-order valence-corrected chi connectivity index (χ1v) is 6.94. The van der Waals surface area contributed by atoms with Gasteiger partial charge in [-0.1, -0.05) is 26.7 Å². The third kappa shape index (κ3) is 3.12. The minimum absolute atomic E-state index is 0.137. The van der Waals surface area contributed by atoms with E-state index in [1.807, 2.05) is 4.90 Å². The maximum Gasteiger partial charge on any atom is 0.317 e. The molecular formula is C13H25N3O. The summed E-state index contributed by atoms with van der Waals surface area (Å²) in [6.07, 6.45) is 3.70. The molecule has 4 heteroatoms. The van der Waals surface area contributed by atoms with Gasteiger partial charge in [0.2, 0.25) is 0 Å². The highest BCUT2D eigenvalue weighted by molar-refractivity contribution is 5.74. The molecule has 3 atom stereocenters. The van der Waals surface area contributed by atoms with E-state index in [9.17, 15) is 4.79 Å². The number of carbonyl (C=O) groups is 1. The van der Waals surface area contributed by atoms with Gasteiger partial charge in [0.05, 0.1) is 0 Å². The Hall–Kier alpha value is -0.770. The van der Waals surface area contributed by atoms with Crippen molar-refractivity contribution in [3.05, 3.63) is 0 Å². The van der Waals surface area contributed by atoms with E-state index in [1.165, 1.54) is 12.8 Å². The molecular weight excluding hydrogens is 214 g/mol. The highest BCUT2D eigenvalue weighted by Crippen LogP contribution is 2.29. The Morgan fingerprint density at radius 1 is 1.24 bits per heavy atom. The summed E-state index contributed by atoms with van der Waals surface area (Å²) in [5, 5.41) is 6.50. The standard InChI is InChI=1S/C13H25N3O/c1-10-4-3-5-12(11(10)2)15-13(17)16-8-6-14-7-9-16/h10-12,14H,3-9H2,1-2H3,(H,15,17). The highest BCUT2D eigenvalue weighted by atomic mass is 16.2. The Morgan fingerprint density at radius 3 is 2.65 bits per heavy atom. The molecule has 1 saturated heterocycles. The summed E-state index contributed by atoms with van der Waals surface area (Å²) >= 11 is 0. The first kappa shape index (κ1) is 12.7. The lowest BCUT2D eigenvalue weighted by Crippen LogP contribution is -2.54. The van der Waals surface area contributed by atoms with Gasteiger partial charge in [-0.05, 0) is 18.3 Å². The zero-order valence-electron chi connectivity index (χ0n) is 11.0. The van der Waals surface area contributed by atoms with E-state index in [0.717, 1.165) is 38.5 Å². The summed E-state index contributed by atoms with van der Waals surface area (Å²) in [4.78, 5) is 14.0. The number of hydrogen-bond acceptors (Lipinski definition) is 2. The first-order chi connectivity index (χ1) is 8.18. The number of nitrogens with zero attached hydrogens (tertiary/aromatic N) is 1. The lowest BCUT2D eigenvalue weighted by Gasteiger charge is -2.36. The van der Waals surface area contributed by atoms with Crippen LogP contribution >= 0.6 is 0 Å². The topological polar surface area (TPSA) is 44.4 Å². The van der Waals surface area contributed by atoms with Crippen molar-refractivity contribution in [3.63, 3.8) is 0 Å². The van der Waals surface area contributed by atoms with Gasteiger partial charge in [0.25, 0.3) is 0 Å². The van der Waals surface area contributed by atoms with Crippen molar-refractivity contribution in [2.75, 3.05) is 26.2 Å². The van der Waals surface area contributed by atoms with Crippen LogP contribution in [0.5, 0.6) is 0 Å². The number of urea groups is 1. The number of amides is 2. The molecule has 2 fully saturated rings. The third-order valence-electron chi connectivity index (χ3n) is 4.42. The van der Waals surface area contributed by atoms with Crippen LogP contribution in [-0.2, 0) is 0 Å². The van der Waals surface area contributed by atoms with E-state index < -0.39 is 0 Å². The van der Waals surface area contributed by atoms with Crippen molar-refractivity contribution in [1.29, 1.82) is 0 Å². The van der Waals surface area contributed by atoms with Crippen molar-refractivity contribution < 1.29 is 4.79 Å². The van der Waals surface area contributed by atoms with Crippen LogP contribution < -0.4 is 10.6 Å². The molecule has 17 heavy (non-hydrogen) atoms. The van der Waals surface area contributed by atoms with Crippen LogP contribution in [0.2, 0.25) is 0 Å². The van der Waals surface area contributed by atoms with Crippen molar-refractivity contribution in [2.45, 2.75) is 39.2 Å². The second kappa shape index (κ2) is 5.71. The predicted molar refractivity (Wildman–Crippen MR) is 68.9 cm³/mol. The Morgan fingerprint density at radius 2 is 1.94 bits per heavy atom. The molecule has 0 aromatic rings. The van der Waals surface area contributed by atoms with Crippen LogP contribution in [0.15, 0.2) is 0 Å². The molecule has 0 spiro atoms. The molecule has 1 saturated carbocycles. The van der Waals surface area contributed by atoms with Gasteiger partial charge in [0, 0.05) is 32.2 Å². The molecule has 2 aliphatic rings. The van der Waals surface area contributed by atoms with Crippen LogP contribution in [0, 0.1) is 11.8 Å². The average Bonchev–Trinajstić information content (AvgIpc) is 2.36. The number of carbonyl (C=O) groups excluding carboxylic acids is 1. The maximum atomic E-state index is 12.1. The van der Waals surface area contributed by atoms with E-state index in [0.29, 0.717) is 12.0 Å². The molecule has 4 nitrogen and oxygen atoms in total. The van der Waals surface area contributed by atoms with Gasteiger partial charge >= 0.3 is 6.03 Å². The van der Waals surface area contributed by atoms with Crippen LogP contribution in [-0.4, -0.2) is 43.2 Å². The van der Waals surface area contributed by atoms with E-state index in [2.05, 4.69) is 24.5 Å². The Bertz CT molecular complexity index is 263. The fraction of sp³-hybridized carbons (Fsp3) is 0.923. The summed E-state index contributed by atoms with van der Waals surface area (Å²) in [6, 6.07) is 0.513. The molecule has 0 radical (unpaired) electrons. The van der Waals surface area contributed by atoms with Crippen molar-refractivity contribution in [1.82, 2.24) is 15.5 Å². The molecule has 2 N–H and O–H groups in total. The van der Waals surface area contributed by atoms with Gasteiger partial charge < -0.3 is 15.5 Å². The molecule has 0 aromatic carbocycles. The van der Waals surface area contributed by atoms with E-state index >= 15 is 0 Å². The molecule has 1 aliphatic heterocycles. The first-order valence-electron chi connectivity index (χ1n) is 6.94. The smallest absolute Gasteiger partial charge is 0.317 e. The molecule has 2 rings (SSSR count). The number of nitrogens with one attached hydrogen (secondary N) is 2. The van der Waals surface area contributed by atoms with Crippen molar-refractivity contribution in [3.8, 4) is 0 Å². The Kier molecular flexibility index (Phi) is 4.26. The zero-order chi connectivity index (χ0) is 12.3. The van der Waals surface area contributed by atoms with Crippen LogP contribution in [0.4, 0.5) is 4.79 Å². The lowest BCUT2D eigenvalue weighted by atomic mass is 9.78. The molecule has 1 aliphatic carbocycles. The van der Waals surface area contributed by atoms with Gasteiger partial charge in [-0.2, -0.15) is 0 Å². The number of piperazine rings is 1. The molecule has 0 bridgehead atoms. The minimum Gasteiger partial charge on any atom is -0.335 e. The maximum absolute atomic E-state index is 12.1. The second-order valence-electron chi connectivity index (χ2n) is 5.56. The minimum atomic E-state index is 0.137. The summed E-state index contributed by atoms with van der Waals surface area (Å²) < 4.78 is 0. The van der Waals surface area contributed by atoms with E-state index in [1.54, 1.807) is 0 Å². The number of hydrogen-bond donors (Lipinski definition) is 2. The normalized spacial score (nSPS) is 34.5. The van der Waals surface area contributed by atoms with E-state index in [4.69, 9.17) is 0 Å². The zero-order valence-corrected chi connectivity index (χ0v) is 11.0. The fourth-order valence-electron chi connectivity index (χ4n) is 2.90.